The molecule has 526 valence electrons. The summed E-state index contributed by atoms with van der Waals surface area (Å²) in [6.07, 6.45) is 21.2. The molecule has 9 aromatic rings. The Kier molecular flexibility index (Phi) is 91.4. The van der Waals surface area contributed by atoms with Gasteiger partial charge in [-0.2, -0.15) is 14.6 Å². The van der Waals surface area contributed by atoms with E-state index in [1.807, 2.05) is 173 Å². The van der Waals surface area contributed by atoms with E-state index in [2.05, 4.69) is 210 Å². The number of aromatic nitrogens is 12. The van der Waals surface area contributed by atoms with Gasteiger partial charge in [0.05, 0.1) is 35.7 Å². The van der Waals surface area contributed by atoms with Crippen LogP contribution >= 0.6 is 34.6 Å². The average molecular weight is 1330 g/mol. The third-order valence-electron chi connectivity index (χ3n) is 9.89. The quantitative estimate of drug-likeness (QED) is 0.138. The van der Waals surface area contributed by atoms with Crippen molar-refractivity contribution < 1.29 is 13.6 Å². The fraction of sp³-hybridized carbons (Fsp3) is 0.616. The van der Waals surface area contributed by atoms with E-state index in [-0.39, 0.29) is 0 Å². The van der Waals surface area contributed by atoms with Crippen LogP contribution in [0.25, 0.3) is 0 Å². The minimum absolute atomic E-state index is 0.456. The van der Waals surface area contributed by atoms with E-state index in [1.165, 1.54) is 50.5 Å². The first-order valence-corrected chi connectivity index (χ1v) is 36.3. The smallest absolute Gasteiger partial charge is 0.139 e. The maximum absolute atomic E-state index is 4.84. The Labute approximate surface area is 572 Å². The summed E-state index contributed by atoms with van der Waals surface area (Å²) in [7, 11) is 0. The molecule has 0 atom stereocenters. The summed E-state index contributed by atoms with van der Waals surface area (Å²) in [5, 5.41) is 28.3. The van der Waals surface area contributed by atoms with Crippen molar-refractivity contribution in [1.29, 1.82) is 0 Å². The van der Waals surface area contributed by atoms with Crippen molar-refractivity contribution in [2.24, 2.45) is 0 Å². The molecule has 0 aromatic carbocycles. The van der Waals surface area contributed by atoms with Crippen LogP contribution in [0.2, 0.25) is 0 Å². The van der Waals surface area contributed by atoms with Crippen LogP contribution in [0.1, 0.15) is 353 Å². The molecule has 0 spiro atoms. The Morgan fingerprint density at radius 3 is 1.18 bits per heavy atom. The van der Waals surface area contributed by atoms with Gasteiger partial charge in [-0.05, 0) is 111 Å². The van der Waals surface area contributed by atoms with E-state index in [4.69, 9.17) is 4.52 Å². The van der Waals surface area contributed by atoms with E-state index in [9.17, 15) is 0 Å². The fourth-order valence-corrected chi connectivity index (χ4v) is 6.78. The molecule has 9 rings (SSSR count). The topological polar surface area (TPSA) is 200 Å². The minimum Gasteiger partial charge on any atom is -0.365 e. The molecule has 2 N–H and O–H groups in total. The predicted molar refractivity (Wildman–Crippen MR) is 404 cm³/mol. The van der Waals surface area contributed by atoms with Gasteiger partial charge in [0.2, 0.25) is 0 Å². The maximum atomic E-state index is 4.84. The van der Waals surface area contributed by atoms with Crippen LogP contribution in [0.5, 0.6) is 0 Å². The van der Waals surface area contributed by atoms with E-state index in [0.717, 1.165) is 22.7 Å². The number of hydrogen-bond donors (Lipinski definition) is 2. The van der Waals surface area contributed by atoms with Crippen LogP contribution in [0.4, 0.5) is 0 Å². The zero-order valence-electron chi connectivity index (χ0n) is 64.6. The lowest BCUT2D eigenvalue weighted by Gasteiger charge is -1.99. The molecule has 0 bridgehead atoms. The summed E-state index contributed by atoms with van der Waals surface area (Å²) in [6, 6.07) is 9.88. The number of H-pyrrole nitrogens is 2. The molecule has 9 aromatic heterocycles. The number of aromatic amines is 2. The predicted octanol–water partition coefficient (Wildman–Crippen LogP) is 26.1. The number of nitrogens with one attached hydrogen (secondary N) is 2. The van der Waals surface area contributed by atoms with Crippen molar-refractivity contribution in [2.75, 3.05) is 0 Å². The SMILES string of the molecule is CC.CC.CC.CC.CC.CC.CC.CC.CC.CC(C)c1ccn[nH]1.CC(C)c1ccno1.CC(C)c1ccns1.CC(C)c1ccon1.CC(C)c1ccsn1.CC(C)c1cn[nH]c1.CC(C)c1cnccn1.CC(C)c1cnoc1.CC(C)c1cnsc1. The molecule has 9 heterocycles. The van der Waals surface area contributed by atoms with Crippen LogP contribution in [0.3, 0.4) is 0 Å². The Hall–Kier alpha value is -5.98. The fourth-order valence-electron chi connectivity index (χ4n) is 4.86. The van der Waals surface area contributed by atoms with E-state index in [1.54, 1.807) is 61.2 Å². The van der Waals surface area contributed by atoms with Gasteiger partial charge in [0, 0.05) is 88.3 Å². The van der Waals surface area contributed by atoms with Crippen molar-refractivity contribution in [3.8, 4) is 0 Å². The Morgan fingerprint density at radius 2 is 0.967 bits per heavy atom. The summed E-state index contributed by atoms with van der Waals surface area (Å²) in [5.74, 6) is 5.92. The van der Waals surface area contributed by atoms with Gasteiger partial charge < -0.3 is 13.6 Å². The molecule has 0 amide bonds. The number of rotatable bonds is 9. The molecule has 0 saturated carbocycles. The molecule has 18 heteroatoms. The third-order valence-corrected chi connectivity index (χ3v) is 12.1. The van der Waals surface area contributed by atoms with E-state index >= 15 is 0 Å². The summed E-state index contributed by atoms with van der Waals surface area (Å²) in [5.41, 5.74) is 8.24. The van der Waals surface area contributed by atoms with Gasteiger partial charge >= 0.3 is 0 Å². The van der Waals surface area contributed by atoms with Gasteiger partial charge in [0.25, 0.3) is 0 Å². The molecule has 15 nitrogen and oxygen atoms in total. The van der Waals surface area contributed by atoms with Crippen LogP contribution in [-0.4, -0.2) is 59.0 Å². The molecule has 0 unspecified atom stereocenters. The normalized spacial score (nSPS) is 8.89. The first-order valence-electron chi connectivity index (χ1n) is 33.9. The van der Waals surface area contributed by atoms with Gasteiger partial charge in [-0.1, -0.05) is 265 Å². The number of hydrogen-bond acceptors (Lipinski definition) is 16. The van der Waals surface area contributed by atoms with Crippen molar-refractivity contribution in [2.45, 2.75) is 303 Å². The van der Waals surface area contributed by atoms with Crippen LogP contribution in [0, 0.1) is 0 Å². The van der Waals surface area contributed by atoms with Gasteiger partial charge in [-0.15, -0.1) is 0 Å². The average Bonchev–Trinajstić information content (AvgIpc) is 4.58. The maximum Gasteiger partial charge on any atom is 0.139 e. The first kappa shape index (κ1) is 104. The largest absolute Gasteiger partial charge is 0.365 e. The van der Waals surface area contributed by atoms with Gasteiger partial charge in [0.1, 0.15) is 18.3 Å². The van der Waals surface area contributed by atoms with Gasteiger partial charge in [0.15, 0.2) is 0 Å². The Balaban J connectivity index is -0.000000115. The minimum atomic E-state index is 0.456. The van der Waals surface area contributed by atoms with Gasteiger partial charge in [-0.3, -0.25) is 20.2 Å². The van der Waals surface area contributed by atoms with Crippen LogP contribution in [0.15, 0.2) is 129 Å². The van der Waals surface area contributed by atoms with Gasteiger partial charge in [-0.25, -0.2) is 8.75 Å². The molecule has 91 heavy (non-hydrogen) atoms. The molecule has 0 aliphatic heterocycles. The summed E-state index contributed by atoms with van der Waals surface area (Å²) in [6.45, 7) is 74.2. The second kappa shape index (κ2) is 80.1. The summed E-state index contributed by atoms with van der Waals surface area (Å²) < 4.78 is 26.2. The van der Waals surface area contributed by atoms with Crippen molar-refractivity contribution in [3.63, 3.8) is 0 Å². The van der Waals surface area contributed by atoms with Crippen LogP contribution < -0.4 is 0 Å². The molecule has 0 aliphatic rings. The lowest BCUT2D eigenvalue weighted by atomic mass is 10.1. The molecular weight excluding hydrogens is 1190 g/mol. The van der Waals surface area contributed by atoms with E-state index < -0.39 is 0 Å². The zero-order chi connectivity index (χ0) is 72.6. The highest BCUT2D eigenvalue weighted by Gasteiger charge is 2.03. The van der Waals surface area contributed by atoms with Crippen molar-refractivity contribution in [1.82, 2.24) is 59.0 Å². The highest BCUT2D eigenvalue weighted by Crippen LogP contribution is 2.17. The third kappa shape index (κ3) is 63.9. The van der Waals surface area contributed by atoms with Crippen LogP contribution in [-0.2, 0) is 0 Å². The molecular formula is C73H138N12O3S3. The molecule has 0 aliphatic carbocycles. The lowest BCUT2D eigenvalue weighted by Crippen LogP contribution is -1.91. The standard InChI is InChI=1S/C7H10N2.2C6H10N2.3C6H9NO.3C6H9NS.9C2H6/c1-6(2)7-5-8-3-4-9-7;1-5(2)6-3-7-8-4-6;1-5(2)6-3-4-7-8-6;1-5(2)6-3-7-8-4-6;1-5(2)6-3-4-8-7-6;1-5(2)6-3-4-7-8-6;1-5(2)6-3-7-8-4-6;1-5(2)6-3-4-8-7-6;1-5(2)6-3-4-7-8-6;9*1-2/h3-6H,1-2H3;2*3-5H,1-2H3,(H,7,8);6*3-5H,1-2H3;9*1-2H3. The van der Waals surface area contributed by atoms with Crippen molar-refractivity contribution in [3.05, 3.63) is 166 Å². The second-order valence-corrected chi connectivity index (χ2v) is 21.3. The highest BCUT2D eigenvalue weighted by atomic mass is 32.1. The first-order chi connectivity index (χ1) is 43.7. The summed E-state index contributed by atoms with van der Waals surface area (Å²) in [4.78, 5) is 9.42. The zero-order valence-corrected chi connectivity index (χ0v) is 67.0. The Morgan fingerprint density at radius 1 is 0.407 bits per heavy atom. The van der Waals surface area contributed by atoms with E-state index in [0.29, 0.717) is 53.3 Å². The molecule has 0 radical (unpaired) electrons. The molecule has 0 saturated heterocycles. The Bertz CT molecular complexity index is 1980. The lowest BCUT2D eigenvalue weighted by molar-refractivity contribution is 0.371. The van der Waals surface area contributed by atoms with Crippen molar-refractivity contribution >= 4 is 34.6 Å². The summed E-state index contributed by atoms with van der Waals surface area (Å²) >= 11 is 4.62. The molecule has 0 fully saturated rings. The monoisotopic (exact) mass is 1330 g/mol. The number of nitrogens with zero attached hydrogens (tertiary/aromatic N) is 10. The highest BCUT2D eigenvalue weighted by molar-refractivity contribution is 7.05. The second-order valence-electron chi connectivity index (χ2n) is 19.2.